The highest BCUT2D eigenvalue weighted by molar-refractivity contribution is 8.06. The van der Waals surface area contributed by atoms with Gasteiger partial charge in [-0.05, 0) is 19.4 Å². The van der Waals surface area contributed by atoms with E-state index in [1.165, 1.54) is 17.3 Å². The SMILES string of the molecule is CCC(C)n1ccc(CC(NN)C2CSCCS2)n1. The maximum Gasteiger partial charge on any atom is 0.0641 e. The average Bonchev–Trinajstić information content (AvgIpc) is 2.93. The maximum atomic E-state index is 5.74. The molecule has 0 aliphatic carbocycles. The van der Waals surface area contributed by atoms with Gasteiger partial charge >= 0.3 is 0 Å². The van der Waals surface area contributed by atoms with Gasteiger partial charge in [-0.15, -0.1) is 0 Å². The molecule has 1 aromatic rings. The number of thioether (sulfide) groups is 2. The first-order valence-corrected chi connectivity index (χ1v) is 9.14. The molecule has 3 atom stereocenters. The van der Waals surface area contributed by atoms with E-state index < -0.39 is 0 Å². The Morgan fingerprint density at radius 2 is 2.42 bits per heavy atom. The van der Waals surface area contributed by atoms with Crippen molar-refractivity contribution in [2.24, 2.45) is 5.84 Å². The summed E-state index contributed by atoms with van der Waals surface area (Å²) in [7, 11) is 0. The molecule has 1 aromatic heterocycles. The van der Waals surface area contributed by atoms with E-state index in [1.807, 2.05) is 23.5 Å². The lowest BCUT2D eigenvalue weighted by Crippen LogP contribution is -2.46. The zero-order valence-corrected chi connectivity index (χ0v) is 13.3. The number of nitrogens with zero attached hydrogens (tertiary/aromatic N) is 2. The van der Waals surface area contributed by atoms with Crippen molar-refractivity contribution < 1.29 is 0 Å². The number of hydrogen-bond donors (Lipinski definition) is 2. The molecule has 19 heavy (non-hydrogen) atoms. The lowest BCUT2D eigenvalue weighted by molar-refractivity contribution is 0.464. The normalized spacial score (nSPS) is 23.2. The minimum atomic E-state index is 0.318. The Morgan fingerprint density at radius 1 is 1.58 bits per heavy atom. The van der Waals surface area contributed by atoms with Crippen molar-refractivity contribution in [1.82, 2.24) is 15.2 Å². The third kappa shape index (κ3) is 4.15. The third-order valence-corrected chi connectivity index (χ3v) is 6.56. The lowest BCUT2D eigenvalue weighted by Gasteiger charge is -2.28. The van der Waals surface area contributed by atoms with E-state index in [1.54, 1.807) is 0 Å². The number of hydrazine groups is 1. The van der Waals surface area contributed by atoms with Gasteiger partial charge in [0.25, 0.3) is 0 Å². The summed E-state index contributed by atoms with van der Waals surface area (Å²) in [6.07, 6.45) is 4.10. The molecule has 1 saturated heterocycles. The standard InChI is InChI=1S/C13H24N4S2/c1-3-10(2)17-5-4-11(16-17)8-12(15-14)13-9-18-6-7-19-13/h4-5,10,12-13,15H,3,6-9,14H2,1-2H3. The summed E-state index contributed by atoms with van der Waals surface area (Å²) in [5.74, 6) is 9.42. The van der Waals surface area contributed by atoms with Crippen LogP contribution in [0, 0.1) is 0 Å². The Morgan fingerprint density at radius 3 is 3.05 bits per heavy atom. The summed E-state index contributed by atoms with van der Waals surface area (Å²) in [6, 6.07) is 2.91. The molecule has 1 fully saturated rings. The Labute approximate surface area is 124 Å². The second-order valence-electron chi connectivity index (χ2n) is 5.01. The van der Waals surface area contributed by atoms with Crippen LogP contribution in [0.15, 0.2) is 12.3 Å². The van der Waals surface area contributed by atoms with Gasteiger partial charge in [0, 0.05) is 47.2 Å². The highest BCUT2D eigenvalue weighted by atomic mass is 32.2. The number of rotatable bonds is 6. The molecule has 6 heteroatoms. The highest BCUT2D eigenvalue weighted by Gasteiger charge is 2.24. The summed E-state index contributed by atoms with van der Waals surface area (Å²) >= 11 is 4.06. The van der Waals surface area contributed by atoms with Crippen LogP contribution in [0.5, 0.6) is 0 Å². The molecular weight excluding hydrogens is 276 g/mol. The van der Waals surface area contributed by atoms with Crippen LogP contribution in [0.4, 0.5) is 0 Å². The Kier molecular flexibility index (Phi) is 6.06. The highest BCUT2D eigenvalue weighted by Crippen LogP contribution is 2.27. The first-order valence-electron chi connectivity index (χ1n) is 6.94. The van der Waals surface area contributed by atoms with Crippen molar-refractivity contribution in [2.75, 3.05) is 17.3 Å². The van der Waals surface area contributed by atoms with Crippen molar-refractivity contribution in [3.63, 3.8) is 0 Å². The van der Waals surface area contributed by atoms with E-state index in [0.29, 0.717) is 17.3 Å². The second kappa shape index (κ2) is 7.57. The molecule has 4 nitrogen and oxygen atoms in total. The first kappa shape index (κ1) is 15.2. The summed E-state index contributed by atoms with van der Waals surface area (Å²) in [5.41, 5.74) is 4.13. The topological polar surface area (TPSA) is 55.9 Å². The van der Waals surface area contributed by atoms with Gasteiger partial charge in [0.15, 0.2) is 0 Å². The Bertz CT molecular complexity index is 376. The molecule has 2 heterocycles. The quantitative estimate of drug-likeness (QED) is 0.622. The molecule has 108 valence electrons. The van der Waals surface area contributed by atoms with Crippen LogP contribution in [-0.4, -0.2) is 38.3 Å². The summed E-state index contributed by atoms with van der Waals surface area (Å²) < 4.78 is 2.06. The molecule has 1 aliphatic heterocycles. The van der Waals surface area contributed by atoms with Gasteiger partial charge in [-0.2, -0.15) is 28.6 Å². The maximum absolute atomic E-state index is 5.74. The molecule has 2 rings (SSSR count). The predicted octanol–water partition coefficient (Wildman–Crippen LogP) is 2.08. The molecule has 0 bridgehead atoms. The molecule has 3 N–H and O–H groups in total. The largest absolute Gasteiger partial charge is 0.271 e. The second-order valence-corrected chi connectivity index (χ2v) is 7.50. The van der Waals surface area contributed by atoms with E-state index in [0.717, 1.165) is 18.5 Å². The number of hydrogen-bond acceptors (Lipinski definition) is 5. The van der Waals surface area contributed by atoms with Crippen molar-refractivity contribution in [3.8, 4) is 0 Å². The fourth-order valence-corrected chi connectivity index (χ4v) is 5.05. The summed E-state index contributed by atoms with van der Waals surface area (Å²) in [5, 5.41) is 5.26. The van der Waals surface area contributed by atoms with E-state index in [4.69, 9.17) is 5.84 Å². The minimum Gasteiger partial charge on any atom is -0.271 e. The minimum absolute atomic E-state index is 0.318. The molecule has 1 aliphatic rings. The fraction of sp³-hybridized carbons (Fsp3) is 0.769. The van der Waals surface area contributed by atoms with Crippen LogP contribution in [0.2, 0.25) is 0 Å². The van der Waals surface area contributed by atoms with E-state index >= 15 is 0 Å². The zero-order valence-electron chi connectivity index (χ0n) is 11.7. The predicted molar refractivity (Wildman–Crippen MR) is 85.6 cm³/mol. The first-order chi connectivity index (χ1) is 9.24. The molecule has 0 aromatic carbocycles. The van der Waals surface area contributed by atoms with Gasteiger partial charge in [0.05, 0.1) is 5.69 Å². The fourth-order valence-electron chi connectivity index (χ4n) is 2.18. The van der Waals surface area contributed by atoms with Gasteiger partial charge in [-0.25, -0.2) is 0 Å². The third-order valence-electron chi connectivity index (χ3n) is 3.64. The van der Waals surface area contributed by atoms with E-state index in [9.17, 15) is 0 Å². The van der Waals surface area contributed by atoms with Crippen LogP contribution in [0.3, 0.4) is 0 Å². The van der Waals surface area contributed by atoms with Crippen LogP contribution >= 0.6 is 23.5 Å². The van der Waals surface area contributed by atoms with Gasteiger partial charge in [0.1, 0.15) is 0 Å². The van der Waals surface area contributed by atoms with Gasteiger partial charge < -0.3 is 0 Å². The molecule has 0 radical (unpaired) electrons. The van der Waals surface area contributed by atoms with Crippen molar-refractivity contribution >= 4 is 23.5 Å². The monoisotopic (exact) mass is 300 g/mol. The molecule has 0 amide bonds. The Balaban J connectivity index is 1.95. The molecular formula is C13H24N4S2. The molecule has 3 unspecified atom stereocenters. The van der Waals surface area contributed by atoms with Crippen LogP contribution in [0.1, 0.15) is 32.0 Å². The van der Waals surface area contributed by atoms with Crippen molar-refractivity contribution in [2.45, 2.75) is 44.0 Å². The van der Waals surface area contributed by atoms with Gasteiger partial charge in [0.2, 0.25) is 0 Å². The van der Waals surface area contributed by atoms with Crippen molar-refractivity contribution in [1.29, 1.82) is 0 Å². The molecule has 0 saturated carbocycles. The summed E-state index contributed by atoms with van der Waals surface area (Å²) in [4.78, 5) is 0. The molecule has 0 spiro atoms. The van der Waals surface area contributed by atoms with Gasteiger partial charge in [-0.3, -0.25) is 16.0 Å². The average molecular weight is 300 g/mol. The number of aromatic nitrogens is 2. The smallest absolute Gasteiger partial charge is 0.0641 e. The lowest BCUT2D eigenvalue weighted by atomic mass is 10.1. The number of nitrogens with one attached hydrogen (secondary N) is 1. The number of nitrogens with two attached hydrogens (primary N) is 1. The van der Waals surface area contributed by atoms with Crippen LogP contribution < -0.4 is 11.3 Å². The van der Waals surface area contributed by atoms with Crippen LogP contribution in [0.25, 0.3) is 0 Å². The van der Waals surface area contributed by atoms with Crippen LogP contribution in [-0.2, 0) is 6.42 Å². The van der Waals surface area contributed by atoms with Crippen molar-refractivity contribution in [3.05, 3.63) is 18.0 Å². The van der Waals surface area contributed by atoms with Gasteiger partial charge in [-0.1, -0.05) is 6.92 Å². The Hall–Kier alpha value is -0.170. The summed E-state index contributed by atoms with van der Waals surface area (Å²) in [6.45, 7) is 4.38. The van der Waals surface area contributed by atoms with E-state index in [-0.39, 0.29) is 0 Å². The van der Waals surface area contributed by atoms with E-state index in [2.05, 4.69) is 41.3 Å². The zero-order chi connectivity index (χ0) is 13.7.